The number of fused-ring (bicyclic) bond motifs is 5. The second-order valence-electron chi connectivity index (χ2n) is 11.1. The molecule has 4 unspecified atom stereocenters. The summed E-state index contributed by atoms with van der Waals surface area (Å²) in [7, 11) is 0.879. The van der Waals surface area contributed by atoms with Gasteiger partial charge in [0.05, 0.1) is 12.2 Å². The van der Waals surface area contributed by atoms with Gasteiger partial charge in [0.1, 0.15) is 5.25 Å². The Bertz CT molecular complexity index is 693. The van der Waals surface area contributed by atoms with Gasteiger partial charge >= 0.3 is 0 Å². The van der Waals surface area contributed by atoms with Gasteiger partial charge in [-0.25, -0.2) is 0 Å². The molecule has 4 aliphatic carbocycles. The van der Waals surface area contributed by atoms with Crippen molar-refractivity contribution in [2.45, 2.75) is 95.1 Å². The lowest BCUT2D eigenvalue weighted by Crippen LogP contribution is -2.65. The van der Waals surface area contributed by atoms with E-state index >= 15 is 0 Å². The summed E-state index contributed by atoms with van der Waals surface area (Å²) in [5.41, 5.74) is 0.453. The second kappa shape index (κ2) is 6.54. The maximum Gasteiger partial charge on any atom is 0.238 e. The van der Waals surface area contributed by atoms with E-state index in [2.05, 4.69) is 13.8 Å². The molecule has 0 N–H and O–H groups in total. The SMILES string of the molecule is CN1C(=O)C(S(C)=O)C[C@@]2(C)C1CC[C@@H]1[C@H]2CC[C@]2(C)C(OC3CC3)CC[C@@H]12. The summed E-state index contributed by atoms with van der Waals surface area (Å²) in [6.45, 7) is 4.94. The van der Waals surface area contributed by atoms with E-state index in [4.69, 9.17) is 4.74 Å². The zero-order valence-corrected chi connectivity index (χ0v) is 18.8. The van der Waals surface area contributed by atoms with Crippen LogP contribution in [0.25, 0.3) is 0 Å². The van der Waals surface area contributed by atoms with E-state index in [0.717, 1.165) is 24.7 Å². The highest BCUT2D eigenvalue weighted by molar-refractivity contribution is 7.85. The molecular formula is C23H37NO3S. The molecule has 0 spiro atoms. The third-order valence-electron chi connectivity index (χ3n) is 9.73. The van der Waals surface area contributed by atoms with Crippen molar-refractivity contribution in [3.63, 3.8) is 0 Å². The maximum absolute atomic E-state index is 12.8. The van der Waals surface area contributed by atoms with Gasteiger partial charge in [-0.05, 0) is 86.4 Å². The summed E-state index contributed by atoms with van der Waals surface area (Å²) in [5, 5.41) is -0.312. The number of ether oxygens (including phenoxy) is 1. The standard InChI is InChI=1S/C23H37NO3S/c1-22-12-11-17-15(16(22)8-10-20(22)27-14-5-6-14)7-9-19-23(17,2)13-18(28(4)26)21(25)24(19)3/h14-20H,5-13H2,1-4H3/t15-,16-,17+,18?,19?,20?,22-,23+,28?/m0/s1. The fraction of sp³-hybridized carbons (Fsp3) is 0.957. The van der Waals surface area contributed by atoms with Crippen LogP contribution in [0.3, 0.4) is 0 Å². The van der Waals surface area contributed by atoms with Crippen molar-refractivity contribution >= 4 is 16.7 Å². The molecule has 0 aromatic heterocycles. The first-order valence-corrected chi connectivity index (χ1v) is 13.1. The topological polar surface area (TPSA) is 46.6 Å². The van der Waals surface area contributed by atoms with Gasteiger partial charge in [-0.3, -0.25) is 9.00 Å². The summed E-state index contributed by atoms with van der Waals surface area (Å²) in [6.07, 6.45) is 13.5. The first-order valence-electron chi connectivity index (χ1n) is 11.5. The molecule has 28 heavy (non-hydrogen) atoms. The zero-order valence-electron chi connectivity index (χ0n) is 18.0. The van der Waals surface area contributed by atoms with Crippen LogP contribution in [0.1, 0.15) is 71.6 Å². The van der Waals surface area contributed by atoms with Crippen LogP contribution >= 0.6 is 0 Å². The first-order chi connectivity index (χ1) is 13.3. The third kappa shape index (κ3) is 2.71. The molecule has 0 bridgehead atoms. The first kappa shape index (κ1) is 19.5. The van der Waals surface area contributed by atoms with E-state index in [0.29, 0.717) is 29.6 Å². The van der Waals surface area contributed by atoms with E-state index in [9.17, 15) is 9.00 Å². The van der Waals surface area contributed by atoms with Gasteiger partial charge in [0.15, 0.2) is 0 Å². The van der Waals surface area contributed by atoms with E-state index < -0.39 is 10.8 Å². The highest BCUT2D eigenvalue weighted by Crippen LogP contribution is 2.65. The summed E-state index contributed by atoms with van der Waals surface area (Å²) in [4.78, 5) is 14.8. The highest BCUT2D eigenvalue weighted by atomic mass is 32.2. The Morgan fingerprint density at radius 2 is 1.71 bits per heavy atom. The van der Waals surface area contributed by atoms with Crippen LogP contribution in [-0.2, 0) is 20.3 Å². The normalized spacial score (nSPS) is 52.0. The number of piperidine rings is 1. The van der Waals surface area contributed by atoms with Gasteiger partial charge in [0.25, 0.3) is 0 Å². The number of carbonyl (C=O) groups is 1. The Hall–Kier alpha value is -0.420. The average Bonchev–Trinajstić information content (AvgIpc) is 3.40. The van der Waals surface area contributed by atoms with Gasteiger partial charge in [-0.1, -0.05) is 13.8 Å². The molecule has 0 radical (unpaired) electrons. The Kier molecular flexibility index (Phi) is 4.56. The van der Waals surface area contributed by atoms with E-state index in [-0.39, 0.29) is 16.6 Å². The fourth-order valence-electron chi connectivity index (χ4n) is 8.10. The van der Waals surface area contributed by atoms with Crippen molar-refractivity contribution in [3.05, 3.63) is 0 Å². The van der Waals surface area contributed by atoms with Crippen molar-refractivity contribution < 1.29 is 13.7 Å². The molecule has 0 aromatic rings. The molecule has 1 aliphatic heterocycles. The number of amides is 1. The molecule has 1 amide bonds. The van der Waals surface area contributed by atoms with Crippen LogP contribution in [0.4, 0.5) is 0 Å². The van der Waals surface area contributed by atoms with Gasteiger partial charge in [-0.15, -0.1) is 0 Å². The number of rotatable bonds is 3. The van der Waals surface area contributed by atoms with Gasteiger partial charge in [0.2, 0.25) is 5.91 Å². The molecule has 4 nitrogen and oxygen atoms in total. The summed E-state index contributed by atoms with van der Waals surface area (Å²) < 4.78 is 18.9. The second-order valence-corrected chi connectivity index (χ2v) is 12.6. The molecule has 5 rings (SSSR count). The van der Waals surface area contributed by atoms with Crippen molar-refractivity contribution in [2.75, 3.05) is 13.3 Å². The van der Waals surface area contributed by atoms with Crippen LogP contribution in [-0.4, -0.2) is 51.8 Å². The number of nitrogens with zero attached hydrogens (tertiary/aromatic N) is 1. The van der Waals surface area contributed by atoms with Crippen LogP contribution in [0.5, 0.6) is 0 Å². The average molecular weight is 408 g/mol. The Balaban J connectivity index is 1.42. The number of hydrogen-bond donors (Lipinski definition) is 0. The summed E-state index contributed by atoms with van der Waals surface area (Å²) >= 11 is 0. The zero-order chi connectivity index (χ0) is 19.8. The lowest BCUT2D eigenvalue weighted by Gasteiger charge is -2.62. The van der Waals surface area contributed by atoms with E-state index in [1.165, 1.54) is 44.9 Å². The van der Waals surface area contributed by atoms with E-state index in [1.807, 2.05) is 11.9 Å². The largest absolute Gasteiger partial charge is 0.374 e. The molecular weight excluding hydrogens is 370 g/mol. The molecule has 5 heteroatoms. The fourth-order valence-corrected chi connectivity index (χ4v) is 9.14. The number of carbonyl (C=O) groups excluding carboxylic acids is 1. The van der Waals surface area contributed by atoms with Gasteiger partial charge in [0, 0.05) is 30.1 Å². The molecule has 1 heterocycles. The maximum atomic E-state index is 12.8. The Morgan fingerprint density at radius 1 is 1.00 bits per heavy atom. The van der Waals surface area contributed by atoms with Crippen molar-refractivity contribution in [1.29, 1.82) is 0 Å². The van der Waals surface area contributed by atoms with Crippen LogP contribution in [0, 0.1) is 28.6 Å². The predicted molar refractivity (Wildman–Crippen MR) is 111 cm³/mol. The predicted octanol–water partition coefficient (Wildman–Crippen LogP) is 3.75. The lowest BCUT2D eigenvalue weighted by molar-refractivity contribution is -0.161. The van der Waals surface area contributed by atoms with Crippen LogP contribution < -0.4 is 0 Å². The Morgan fingerprint density at radius 3 is 2.39 bits per heavy atom. The smallest absolute Gasteiger partial charge is 0.238 e. The Labute approximate surface area is 172 Å². The van der Waals surface area contributed by atoms with Gasteiger partial charge < -0.3 is 9.64 Å². The monoisotopic (exact) mass is 407 g/mol. The van der Waals surface area contributed by atoms with Crippen LogP contribution in [0.2, 0.25) is 0 Å². The van der Waals surface area contributed by atoms with Crippen molar-refractivity contribution in [1.82, 2.24) is 4.90 Å². The number of likely N-dealkylation sites (tertiary alicyclic amines) is 1. The van der Waals surface area contributed by atoms with Crippen molar-refractivity contribution in [3.8, 4) is 0 Å². The molecule has 5 fully saturated rings. The molecule has 1 saturated heterocycles. The molecule has 5 aliphatic rings. The van der Waals surface area contributed by atoms with Crippen molar-refractivity contribution in [2.24, 2.45) is 28.6 Å². The summed E-state index contributed by atoms with van der Waals surface area (Å²) in [5.74, 6) is 2.29. The quantitative estimate of drug-likeness (QED) is 0.716. The minimum atomic E-state index is -1.09. The van der Waals surface area contributed by atoms with Gasteiger partial charge in [-0.2, -0.15) is 0 Å². The lowest BCUT2D eigenvalue weighted by atomic mass is 9.47. The molecule has 158 valence electrons. The molecule has 4 saturated carbocycles. The minimum absolute atomic E-state index is 0.110. The number of hydrogen-bond acceptors (Lipinski definition) is 3. The highest BCUT2D eigenvalue weighted by Gasteiger charge is 2.63. The van der Waals surface area contributed by atoms with E-state index in [1.54, 1.807) is 6.26 Å². The molecule has 9 atom stereocenters. The third-order valence-corrected chi connectivity index (χ3v) is 10.9. The summed E-state index contributed by atoms with van der Waals surface area (Å²) in [6, 6.07) is 0.324. The molecule has 0 aromatic carbocycles. The minimum Gasteiger partial charge on any atom is -0.374 e. The van der Waals surface area contributed by atoms with Crippen LogP contribution in [0.15, 0.2) is 0 Å².